The van der Waals surface area contributed by atoms with E-state index in [0.717, 1.165) is 78.1 Å². The number of nitrogens with two attached hydrogens (primary N) is 1. The lowest BCUT2D eigenvalue weighted by Crippen LogP contribution is -2.33. The number of carbonyl (C=O) groups excluding carboxylic acids is 3. The summed E-state index contributed by atoms with van der Waals surface area (Å²) in [5, 5.41) is 53.9. The first-order chi connectivity index (χ1) is 34.4. The number of carbonyl (C=O) groups is 3. The van der Waals surface area contributed by atoms with Gasteiger partial charge in [-0.1, -0.05) is 46.9 Å². The van der Waals surface area contributed by atoms with Crippen molar-refractivity contribution in [2.24, 2.45) is 0 Å². The number of hydrogen-bond acceptors (Lipinski definition) is 17. The predicted molar refractivity (Wildman–Crippen MR) is 250 cm³/mol. The highest BCUT2D eigenvalue weighted by molar-refractivity contribution is 7.15. The van der Waals surface area contributed by atoms with E-state index in [2.05, 4.69) is 66.2 Å². The van der Waals surface area contributed by atoms with E-state index < -0.39 is 30.3 Å². The van der Waals surface area contributed by atoms with E-state index in [4.69, 9.17) is 5.73 Å². The number of alkyl halides is 6. The molecule has 0 aliphatic heterocycles. The van der Waals surface area contributed by atoms with Crippen molar-refractivity contribution in [3.63, 3.8) is 0 Å². The molecule has 72 heavy (non-hydrogen) atoms. The van der Waals surface area contributed by atoms with Crippen LogP contribution in [0.4, 0.5) is 48.2 Å². The summed E-state index contributed by atoms with van der Waals surface area (Å²) in [5.74, 6) is -1.53. The molecule has 0 bridgehead atoms. The van der Waals surface area contributed by atoms with Gasteiger partial charge >= 0.3 is 12.7 Å². The summed E-state index contributed by atoms with van der Waals surface area (Å²) in [6.45, 7) is 0. The first-order valence-corrected chi connectivity index (χ1v) is 23.3. The highest BCUT2D eigenvalue weighted by Gasteiger charge is 2.32. The third-order valence-corrected chi connectivity index (χ3v) is 11.3. The summed E-state index contributed by atoms with van der Waals surface area (Å²) in [4.78, 5) is 36.6. The van der Waals surface area contributed by atoms with Crippen LogP contribution in [0.5, 0.6) is 11.5 Å². The largest absolute Gasteiger partial charge is 0.618 e. The SMILES string of the molecule is Nc1nnc(CCCCc2ccc(NC(=O)Cc3cccc(OC(F)(F)F)c3)nn2)s1.O=C(Cc1cccc(OC(F)(F)F)c1)Nc1ccc(CCCCc2nnc(NC(=O)Cc3cccc[n+]3[O-])s2)nn1. The van der Waals surface area contributed by atoms with Crippen molar-refractivity contribution < 1.29 is 54.9 Å². The quantitative estimate of drug-likeness (QED) is 0.0237. The molecular formula is C45H43F6N13O6S2. The molecule has 7 rings (SSSR count). The molecule has 378 valence electrons. The zero-order valence-corrected chi connectivity index (χ0v) is 39.3. The molecule has 7 aromatic rings. The van der Waals surface area contributed by atoms with Crippen LogP contribution >= 0.6 is 22.7 Å². The Morgan fingerprint density at radius 3 is 1.53 bits per heavy atom. The van der Waals surface area contributed by atoms with E-state index >= 15 is 0 Å². The number of pyridine rings is 1. The fourth-order valence-corrected chi connectivity index (χ4v) is 7.88. The molecule has 0 aliphatic carbocycles. The molecule has 0 unspecified atom stereocenters. The molecule has 5 heterocycles. The molecule has 0 atom stereocenters. The molecular weight excluding hydrogens is 997 g/mol. The standard InChI is InChI=1S/C26H24F3N7O4S.C19H19F3N6O2S/c27-26(28,29)40-20-9-5-6-17(14-20)15-22(37)30-21-12-11-18(32-33-21)7-1-2-10-24-34-35-25(41-24)31-23(38)16-19-8-3-4-13-36(19)39;20-19(21,22)30-14-6-3-4-12(10-14)11-16(29)24-15-9-8-13(25-26-15)5-1-2-7-17-27-28-18(23)31-17/h3-6,8-9,11-14H,1-2,7,10,15-16H2,(H,30,33,37)(H,31,35,38);3-4,6,8-10H,1-2,5,7,11H2,(H2,23,28)(H,24,26,29). The summed E-state index contributed by atoms with van der Waals surface area (Å²) in [6, 6.07) is 22.0. The van der Waals surface area contributed by atoms with Crippen molar-refractivity contribution in [3.8, 4) is 11.5 Å². The number of hydrogen-bond donors (Lipinski definition) is 4. The topological polar surface area (TPSA) is 262 Å². The number of ether oxygens (including phenoxy) is 2. The molecule has 2 aromatic carbocycles. The second-order valence-electron chi connectivity index (χ2n) is 15.4. The number of halogens is 6. The van der Waals surface area contributed by atoms with Gasteiger partial charge in [0.15, 0.2) is 17.8 Å². The van der Waals surface area contributed by atoms with Crippen LogP contribution in [0.1, 0.15) is 63.9 Å². The van der Waals surface area contributed by atoms with Gasteiger partial charge in [0.1, 0.15) is 27.9 Å². The van der Waals surface area contributed by atoms with Gasteiger partial charge in [-0.2, -0.15) is 14.9 Å². The Balaban J connectivity index is 0.000000245. The third kappa shape index (κ3) is 19.5. The van der Waals surface area contributed by atoms with Crippen LogP contribution in [-0.4, -0.2) is 71.2 Å². The van der Waals surface area contributed by atoms with Gasteiger partial charge in [-0.05, 0) is 104 Å². The number of rotatable bonds is 21. The van der Waals surface area contributed by atoms with Crippen molar-refractivity contribution in [1.29, 1.82) is 0 Å². The molecule has 19 nitrogen and oxygen atoms in total. The van der Waals surface area contributed by atoms with E-state index in [1.54, 1.807) is 42.5 Å². The zero-order chi connectivity index (χ0) is 51.5. The Morgan fingerprint density at radius 1 is 0.556 bits per heavy atom. The molecule has 27 heteroatoms. The summed E-state index contributed by atoms with van der Waals surface area (Å²) >= 11 is 2.64. The number of nitrogen functional groups attached to an aromatic ring is 1. The van der Waals surface area contributed by atoms with Gasteiger partial charge in [0.25, 0.3) is 0 Å². The van der Waals surface area contributed by atoms with Crippen LogP contribution in [0.3, 0.4) is 0 Å². The van der Waals surface area contributed by atoms with Crippen molar-refractivity contribution in [1.82, 2.24) is 40.8 Å². The lowest BCUT2D eigenvalue weighted by atomic mass is 10.1. The fraction of sp³-hybridized carbons (Fsp3) is 0.289. The van der Waals surface area contributed by atoms with Crippen LogP contribution in [0, 0.1) is 5.21 Å². The highest BCUT2D eigenvalue weighted by atomic mass is 32.1. The maximum absolute atomic E-state index is 12.4. The van der Waals surface area contributed by atoms with Gasteiger partial charge in [0.05, 0.1) is 24.2 Å². The van der Waals surface area contributed by atoms with E-state index in [1.165, 1.54) is 59.2 Å². The maximum atomic E-state index is 12.4. The lowest BCUT2D eigenvalue weighted by molar-refractivity contribution is -0.613. The number of anilines is 4. The maximum Gasteiger partial charge on any atom is 0.573 e. The number of amides is 3. The van der Waals surface area contributed by atoms with Gasteiger partial charge in [-0.15, -0.1) is 56.9 Å². The van der Waals surface area contributed by atoms with Gasteiger partial charge in [-0.3, -0.25) is 14.4 Å². The van der Waals surface area contributed by atoms with Gasteiger partial charge < -0.3 is 36.4 Å². The normalized spacial score (nSPS) is 11.2. The summed E-state index contributed by atoms with van der Waals surface area (Å²) in [7, 11) is 0. The first kappa shape index (κ1) is 53.4. The Morgan fingerprint density at radius 2 is 1.06 bits per heavy atom. The number of unbranched alkanes of at least 4 members (excludes halogenated alkanes) is 2. The number of nitrogens with one attached hydrogen (secondary N) is 3. The predicted octanol–water partition coefficient (Wildman–Crippen LogP) is 7.34. The molecule has 3 amide bonds. The van der Waals surface area contributed by atoms with E-state index in [9.17, 15) is 45.9 Å². The molecule has 0 saturated carbocycles. The molecule has 0 spiro atoms. The number of aromatic nitrogens is 9. The van der Waals surface area contributed by atoms with Gasteiger partial charge in [0.2, 0.25) is 33.7 Å². The van der Waals surface area contributed by atoms with E-state index in [-0.39, 0.29) is 42.6 Å². The number of nitrogens with zero attached hydrogens (tertiary/aromatic N) is 9. The van der Waals surface area contributed by atoms with Crippen LogP contribution in [-0.2, 0) is 59.3 Å². The van der Waals surface area contributed by atoms with Crippen LogP contribution in [0.25, 0.3) is 0 Å². The summed E-state index contributed by atoms with van der Waals surface area (Å²) < 4.78 is 82.5. The molecule has 0 radical (unpaired) electrons. The molecule has 5 N–H and O–H groups in total. The highest BCUT2D eigenvalue weighted by Crippen LogP contribution is 2.25. The summed E-state index contributed by atoms with van der Waals surface area (Å²) in [6.07, 6.45) is -2.45. The fourth-order valence-electron chi connectivity index (χ4n) is 6.44. The van der Waals surface area contributed by atoms with Gasteiger partial charge in [0, 0.05) is 25.0 Å². The molecule has 0 saturated heterocycles. The first-order valence-electron chi connectivity index (χ1n) is 21.7. The average molecular weight is 1040 g/mol. The van der Waals surface area contributed by atoms with Crippen molar-refractivity contribution in [2.75, 3.05) is 21.7 Å². The van der Waals surface area contributed by atoms with Crippen molar-refractivity contribution in [3.05, 3.63) is 141 Å². The molecule has 5 aromatic heterocycles. The van der Waals surface area contributed by atoms with E-state index in [1.807, 2.05) is 0 Å². The summed E-state index contributed by atoms with van der Waals surface area (Å²) in [5.41, 5.74) is 8.11. The van der Waals surface area contributed by atoms with E-state index in [0.29, 0.717) is 44.7 Å². The second-order valence-corrected chi connectivity index (χ2v) is 17.5. The minimum atomic E-state index is -4.81. The Kier molecular flexibility index (Phi) is 19.1. The third-order valence-electron chi connectivity index (χ3n) is 9.56. The minimum absolute atomic E-state index is 0.0720. The van der Waals surface area contributed by atoms with Crippen LogP contribution < -0.4 is 35.9 Å². The Bertz CT molecular complexity index is 2870. The Hall–Kier alpha value is -7.94. The van der Waals surface area contributed by atoms with Crippen molar-refractivity contribution >= 4 is 62.3 Å². The van der Waals surface area contributed by atoms with Crippen LogP contribution in [0.15, 0.2) is 97.2 Å². The zero-order valence-electron chi connectivity index (χ0n) is 37.7. The average Bonchev–Trinajstić information content (AvgIpc) is 3.95. The van der Waals surface area contributed by atoms with Gasteiger partial charge in [-0.25, -0.2) is 0 Å². The minimum Gasteiger partial charge on any atom is -0.618 e. The lowest BCUT2D eigenvalue weighted by Gasteiger charge is -2.10. The number of benzene rings is 2. The molecule has 0 fully saturated rings. The number of aryl methyl sites for hydroxylation is 4. The molecule has 0 aliphatic rings. The smallest absolute Gasteiger partial charge is 0.573 e. The second kappa shape index (κ2) is 25.8. The van der Waals surface area contributed by atoms with Crippen LogP contribution in [0.2, 0.25) is 0 Å². The van der Waals surface area contributed by atoms with Crippen molar-refractivity contribution in [2.45, 2.75) is 83.4 Å². The Labute approximate surface area is 413 Å². The monoisotopic (exact) mass is 1040 g/mol.